The number of rotatable bonds is 3. The van der Waals surface area contributed by atoms with Gasteiger partial charge in [-0.15, -0.1) is 11.3 Å². The van der Waals surface area contributed by atoms with E-state index in [2.05, 4.69) is 34.7 Å². The smallest absolute Gasteiger partial charge is 0.0116 e. The van der Waals surface area contributed by atoms with Crippen molar-refractivity contribution in [3.8, 4) is 0 Å². The Morgan fingerprint density at radius 3 is 2.93 bits per heavy atom. The predicted octanol–water partition coefficient (Wildman–Crippen LogP) is 1.58. The SMILES string of the molecule is CC(Cc1cccs1)N1CCNCC1. The first-order valence-electron chi connectivity index (χ1n) is 5.33. The molecule has 2 rings (SSSR count). The number of thiophene rings is 1. The zero-order valence-corrected chi connectivity index (χ0v) is 9.52. The Labute approximate surface area is 89.9 Å². The maximum atomic E-state index is 3.39. The van der Waals surface area contributed by atoms with Crippen molar-refractivity contribution in [3.05, 3.63) is 22.4 Å². The molecule has 14 heavy (non-hydrogen) atoms. The molecule has 78 valence electrons. The third-order valence-corrected chi connectivity index (χ3v) is 3.75. The van der Waals surface area contributed by atoms with Crippen molar-refractivity contribution in [3.63, 3.8) is 0 Å². The van der Waals surface area contributed by atoms with Crippen molar-refractivity contribution in [2.75, 3.05) is 26.2 Å². The Morgan fingerprint density at radius 1 is 1.50 bits per heavy atom. The summed E-state index contributed by atoms with van der Waals surface area (Å²) in [5, 5.41) is 5.56. The van der Waals surface area contributed by atoms with E-state index in [0.717, 1.165) is 13.1 Å². The molecule has 1 aromatic rings. The normalized spacial score (nSPS) is 20.9. The third kappa shape index (κ3) is 2.56. The minimum atomic E-state index is 0.691. The summed E-state index contributed by atoms with van der Waals surface area (Å²) in [6, 6.07) is 5.07. The second-order valence-corrected chi connectivity index (χ2v) is 4.95. The molecule has 2 heterocycles. The molecule has 0 saturated carbocycles. The second-order valence-electron chi connectivity index (χ2n) is 3.92. The van der Waals surface area contributed by atoms with Crippen molar-refractivity contribution in [2.24, 2.45) is 0 Å². The minimum Gasteiger partial charge on any atom is -0.314 e. The van der Waals surface area contributed by atoms with Crippen LogP contribution in [0.3, 0.4) is 0 Å². The van der Waals surface area contributed by atoms with Crippen LogP contribution in [0.1, 0.15) is 11.8 Å². The van der Waals surface area contributed by atoms with E-state index in [1.54, 1.807) is 0 Å². The van der Waals surface area contributed by atoms with Crippen LogP contribution in [0.15, 0.2) is 17.5 Å². The fraction of sp³-hybridized carbons (Fsp3) is 0.636. The van der Waals surface area contributed by atoms with Crippen molar-refractivity contribution in [2.45, 2.75) is 19.4 Å². The lowest BCUT2D eigenvalue weighted by atomic mass is 10.1. The molecule has 0 spiro atoms. The van der Waals surface area contributed by atoms with Crippen molar-refractivity contribution >= 4 is 11.3 Å². The van der Waals surface area contributed by atoms with Gasteiger partial charge in [0.25, 0.3) is 0 Å². The van der Waals surface area contributed by atoms with Crippen molar-refractivity contribution < 1.29 is 0 Å². The molecule has 1 atom stereocenters. The quantitative estimate of drug-likeness (QED) is 0.815. The van der Waals surface area contributed by atoms with E-state index in [9.17, 15) is 0 Å². The summed E-state index contributed by atoms with van der Waals surface area (Å²) >= 11 is 1.87. The molecule has 1 N–H and O–H groups in total. The van der Waals surface area contributed by atoms with Gasteiger partial charge in [-0.2, -0.15) is 0 Å². The van der Waals surface area contributed by atoms with Gasteiger partial charge in [0.05, 0.1) is 0 Å². The number of nitrogens with one attached hydrogen (secondary N) is 1. The van der Waals surface area contributed by atoms with Crippen LogP contribution in [-0.4, -0.2) is 37.1 Å². The van der Waals surface area contributed by atoms with Gasteiger partial charge in [0, 0.05) is 37.1 Å². The zero-order valence-electron chi connectivity index (χ0n) is 8.70. The van der Waals surface area contributed by atoms with Gasteiger partial charge >= 0.3 is 0 Å². The Morgan fingerprint density at radius 2 is 2.29 bits per heavy atom. The standard InChI is InChI=1S/C11H18N2S/c1-10(9-11-3-2-8-14-11)13-6-4-12-5-7-13/h2-3,8,10,12H,4-7,9H2,1H3. The lowest BCUT2D eigenvalue weighted by molar-refractivity contribution is 0.184. The molecule has 1 unspecified atom stereocenters. The van der Waals surface area contributed by atoms with Crippen LogP contribution in [0.5, 0.6) is 0 Å². The van der Waals surface area contributed by atoms with Crippen LogP contribution in [0.4, 0.5) is 0 Å². The van der Waals surface area contributed by atoms with E-state index in [1.807, 2.05) is 11.3 Å². The monoisotopic (exact) mass is 210 g/mol. The Balaban J connectivity index is 1.85. The maximum Gasteiger partial charge on any atom is 0.0116 e. The maximum absolute atomic E-state index is 3.39. The largest absolute Gasteiger partial charge is 0.314 e. The molecule has 2 nitrogen and oxygen atoms in total. The van der Waals surface area contributed by atoms with Crippen LogP contribution < -0.4 is 5.32 Å². The summed E-state index contributed by atoms with van der Waals surface area (Å²) < 4.78 is 0. The Bertz CT molecular complexity index is 252. The highest BCUT2D eigenvalue weighted by Gasteiger charge is 2.16. The van der Waals surface area contributed by atoms with E-state index in [1.165, 1.54) is 24.4 Å². The third-order valence-electron chi connectivity index (χ3n) is 2.85. The number of piperazine rings is 1. The molecule has 0 radical (unpaired) electrons. The van der Waals surface area contributed by atoms with Crippen LogP contribution in [0.2, 0.25) is 0 Å². The average Bonchev–Trinajstić information content (AvgIpc) is 2.72. The first-order valence-corrected chi connectivity index (χ1v) is 6.21. The lowest BCUT2D eigenvalue weighted by Crippen LogP contribution is -2.48. The minimum absolute atomic E-state index is 0.691. The molecule has 1 aliphatic heterocycles. The second kappa shape index (κ2) is 4.91. The Kier molecular flexibility index (Phi) is 3.56. The van der Waals surface area contributed by atoms with Crippen molar-refractivity contribution in [1.82, 2.24) is 10.2 Å². The molecule has 3 heteroatoms. The van der Waals surface area contributed by atoms with Crippen LogP contribution in [0.25, 0.3) is 0 Å². The van der Waals surface area contributed by atoms with Crippen LogP contribution in [-0.2, 0) is 6.42 Å². The van der Waals surface area contributed by atoms with E-state index >= 15 is 0 Å². The van der Waals surface area contributed by atoms with Crippen LogP contribution in [0, 0.1) is 0 Å². The van der Waals surface area contributed by atoms with Gasteiger partial charge in [0.2, 0.25) is 0 Å². The number of nitrogens with zero attached hydrogens (tertiary/aromatic N) is 1. The number of hydrogen-bond donors (Lipinski definition) is 1. The molecule has 0 bridgehead atoms. The predicted molar refractivity (Wildman–Crippen MR) is 61.9 cm³/mol. The van der Waals surface area contributed by atoms with E-state index in [0.29, 0.717) is 6.04 Å². The summed E-state index contributed by atoms with van der Waals surface area (Å²) in [5.74, 6) is 0. The topological polar surface area (TPSA) is 15.3 Å². The van der Waals surface area contributed by atoms with Gasteiger partial charge in [-0.25, -0.2) is 0 Å². The highest BCUT2D eigenvalue weighted by molar-refractivity contribution is 7.09. The molecule has 1 saturated heterocycles. The molecule has 1 aliphatic rings. The zero-order chi connectivity index (χ0) is 9.80. The fourth-order valence-corrected chi connectivity index (χ4v) is 2.80. The molecule has 1 fully saturated rings. The van der Waals surface area contributed by atoms with Gasteiger partial charge in [-0.1, -0.05) is 6.07 Å². The average molecular weight is 210 g/mol. The fourth-order valence-electron chi connectivity index (χ4n) is 1.97. The van der Waals surface area contributed by atoms with Gasteiger partial charge < -0.3 is 5.32 Å². The number of hydrogen-bond acceptors (Lipinski definition) is 3. The summed E-state index contributed by atoms with van der Waals surface area (Å²) in [5.41, 5.74) is 0. The Hall–Kier alpha value is -0.380. The van der Waals surface area contributed by atoms with Gasteiger partial charge in [-0.05, 0) is 24.8 Å². The summed E-state index contributed by atoms with van der Waals surface area (Å²) in [7, 11) is 0. The first-order chi connectivity index (χ1) is 6.86. The first kappa shape index (κ1) is 10.1. The molecule has 0 aliphatic carbocycles. The van der Waals surface area contributed by atoms with E-state index < -0.39 is 0 Å². The molecular weight excluding hydrogens is 192 g/mol. The van der Waals surface area contributed by atoms with Crippen molar-refractivity contribution in [1.29, 1.82) is 0 Å². The summed E-state index contributed by atoms with van der Waals surface area (Å²) in [4.78, 5) is 4.09. The summed E-state index contributed by atoms with van der Waals surface area (Å²) in [6.07, 6.45) is 1.21. The molecule has 0 aromatic carbocycles. The van der Waals surface area contributed by atoms with E-state index in [4.69, 9.17) is 0 Å². The molecule has 1 aromatic heterocycles. The molecule has 0 amide bonds. The lowest BCUT2D eigenvalue weighted by Gasteiger charge is -2.32. The van der Waals surface area contributed by atoms with Crippen LogP contribution >= 0.6 is 11.3 Å². The van der Waals surface area contributed by atoms with Gasteiger partial charge in [0.1, 0.15) is 0 Å². The van der Waals surface area contributed by atoms with Gasteiger partial charge in [0.15, 0.2) is 0 Å². The summed E-state index contributed by atoms with van der Waals surface area (Å²) in [6.45, 7) is 7.04. The molecular formula is C11H18N2S. The highest BCUT2D eigenvalue weighted by atomic mass is 32.1. The van der Waals surface area contributed by atoms with E-state index in [-0.39, 0.29) is 0 Å². The highest BCUT2D eigenvalue weighted by Crippen LogP contribution is 2.14. The van der Waals surface area contributed by atoms with Gasteiger partial charge in [-0.3, -0.25) is 4.90 Å².